The Morgan fingerprint density at radius 3 is 1.50 bits per heavy atom. The Balaban J connectivity index is 1.24. The van der Waals surface area contributed by atoms with E-state index in [9.17, 15) is 0 Å². The van der Waals surface area contributed by atoms with Crippen molar-refractivity contribution in [3.63, 3.8) is 0 Å². The normalized spacial score (nSPS) is 11.2. The molecule has 3 heteroatoms. The molecule has 0 aliphatic carbocycles. The molecule has 0 spiro atoms. The highest BCUT2D eigenvalue weighted by Crippen LogP contribution is 2.48. The standard InChI is InChI=1S/C45H32N2O/c1-5-15-34(16-6-1)38(35-17-7-2-8-18-35)27-32-24-25-42-43(30-32)48-44-31-33(29-40(45(44)47-42)41-23-13-14-26-46-41)28-39(36-19-9-3-10-20-36)37-21-11-4-12-22-37/h1-31,47H. The average molecular weight is 617 g/mol. The first-order valence-electron chi connectivity index (χ1n) is 16.1. The number of ether oxygens (including phenoxy) is 1. The molecule has 0 fully saturated rings. The fourth-order valence-electron chi connectivity index (χ4n) is 6.19. The van der Waals surface area contributed by atoms with Gasteiger partial charge >= 0.3 is 0 Å². The number of rotatable bonds is 7. The number of hydrogen-bond donors (Lipinski definition) is 1. The summed E-state index contributed by atoms with van der Waals surface area (Å²) in [5.74, 6) is 1.53. The van der Waals surface area contributed by atoms with Crippen LogP contribution in [0.4, 0.5) is 11.4 Å². The van der Waals surface area contributed by atoms with Crippen LogP contribution in [-0.4, -0.2) is 4.98 Å². The van der Waals surface area contributed by atoms with Crippen molar-refractivity contribution in [2.75, 3.05) is 5.32 Å². The van der Waals surface area contributed by atoms with Crippen LogP contribution in [0.1, 0.15) is 33.4 Å². The summed E-state index contributed by atoms with van der Waals surface area (Å²) in [5, 5.41) is 3.69. The minimum Gasteiger partial charge on any atom is -0.453 e. The van der Waals surface area contributed by atoms with Gasteiger partial charge in [0.15, 0.2) is 11.5 Å². The van der Waals surface area contributed by atoms with E-state index in [2.05, 4.69) is 145 Å². The van der Waals surface area contributed by atoms with E-state index in [0.29, 0.717) is 0 Å². The van der Waals surface area contributed by atoms with Gasteiger partial charge in [0.25, 0.3) is 0 Å². The lowest BCUT2D eigenvalue weighted by molar-refractivity contribution is 0.481. The monoisotopic (exact) mass is 616 g/mol. The van der Waals surface area contributed by atoms with Crippen LogP contribution in [0.25, 0.3) is 34.6 Å². The lowest BCUT2D eigenvalue weighted by atomic mass is 9.94. The first-order chi connectivity index (χ1) is 23.8. The first-order valence-corrected chi connectivity index (χ1v) is 16.1. The molecule has 0 saturated heterocycles. The maximum Gasteiger partial charge on any atom is 0.152 e. The summed E-state index contributed by atoms with van der Waals surface area (Å²) in [7, 11) is 0. The van der Waals surface area contributed by atoms with Crippen LogP contribution in [0.3, 0.4) is 0 Å². The van der Waals surface area contributed by atoms with Gasteiger partial charge < -0.3 is 10.1 Å². The van der Waals surface area contributed by atoms with E-state index in [0.717, 1.165) is 78.7 Å². The molecule has 6 aromatic carbocycles. The third-order valence-corrected chi connectivity index (χ3v) is 8.51. The Labute approximate surface area is 281 Å². The molecule has 3 nitrogen and oxygen atoms in total. The Kier molecular flexibility index (Phi) is 7.92. The molecule has 1 N–H and O–H groups in total. The van der Waals surface area contributed by atoms with Gasteiger partial charge in [0.2, 0.25) is 0 Å². The SMILES string of the molecule is C(=C(c1ccccc1)c1ccccc1)c1ccc2c(c1)Oc1cc(C=C(c3ccccc3)c3ccccc3)cc(-c3ccccn3)c1N2. The van der Waals surface area contributed by atoms with Crippen LogP contribution in [0.15, 0.2) is 176 Å². The number of fused-ring (bicyclic) bond motifs is 2. The fraction of sp³-hybridized carbons (Fsp3) is 0. The van der Waals surface area contributed by atoms with Crippen molar-refractivity contribution in [2.24, 2.45) is 0 Å². The van der Waals surface area contributed by atoms with E-state index in [1.54, 1.807) is 0 Å². The maximum atomic E-state index is 6.76. The van der Waals surface area contributed by atoms with Gasteiger partial charge in [-0.25, -0.2) is 0 Å². The summed E-state index contributed by atoms with van der Waals surface area (Å²) in [6.45, 7) is 0. The van der Waals surface area contributed by atoms with Crippen molar-refractivity contribution in [3.8, 4) is 22.8 Å². The lowest BCUT2D eigenvalue weighted by Crippen LogP contribution is -2.05. The van der Waals surface area contributed by atoms with Crippen LogP contribution in [0.2, 0.25) is 0 Å². The number of aromatic nitrogens is 1. The Bertz CT molecular complexity index is 2160. The summed E-state index contributed by atoms with van der Waals surface area (Å²) in [5.41, 5.74) is 12.6. The number of anilines is 2. The molecule has 1 aliphatic heterocycles. The summed E-state index contributed by atoms with van der Waals surface area (Å²) >= 11 is 0. The summed E-state index contributed by atoms with van der Waals surface area (Å²) in [6, 6.07) is 58.7. The van der Waals surface area contributed by atoms with Gasteiger partial charge in [-0.15, -0.1) is 0 Å². The third-order valence-electron chi connectivity index (χ3n) is 8.51. The molecule has 0 bridgehead atoms. The van der Waals surface area contributed by atoms with E-state index in [4.69, 9.17) is 9.72 Å². The topological polar surface area (TPSA) is 34.1 Å². The molecule has 8 rings (SSSR count). The van der Waals surface area contributed by atoms with Crippen LogP contribution >= 0.6 is 0 Å². The van der Waals surface area contributed by atoms with Crippen LogP contribution in [-0.2, 0) is 0 Å². The van der Waals surface area contributed by atoms with Gasteiger partial charge in [0.05, 0.1) is 17.1 Å². The van der Waals surface area contributed by atoms with E-state index in [-0.39, 0.29) is 0 Å². The number of benzene rings is 6. The number of nitrogens with zero attached hydrogens (tertiary/aromatic N) is 1. The average Bonchev–Trinajstić information content (AvgIpc) is 3.16. The van der Waals surface area contributed by atoms with E-state index in [1.807, 2.05) is 48.7 Å². The zero-order valence-electron chi connectivity index (χ0n) is 26.3. The zero-order chi connectivity index (χ0) is 32.1. The van der Waals surface area contributed by atoms with E-state index in [1.165, 1.54) is 0 Å². The van der Waals surface area contributed by atoms with Crippen molar-refractivity contribution in [2.45, 2.75) is 0 Å². The second-order valence-electron chi connectivity index (χ2n) is 11.7. The second kappa shape index (κ2) is 13.1. The quantitative estimate of drug-likeness (QED) is 0.181. The smallest absolute Gasteiger partial charge is 0.152 e. The van der Waals surface area contributed by atoms with Crippen molar-refractivity contribution in [1.29, 1.82) is 0 Å². The highest BCUT2D eigenvalue weighted by Gasteiger charge is 2.22. The molecular weight excluding hydrogens is 585 g/mol. The zero-order valence-corrected chi connectivity index (χ0v) is 26.3. The lowest BCUT2D eigenvalue weighted by Gasteiger charge is -2.25. The molecule has 48 heavy (non-hydrogen) atoms. The molecule has 1 aromatic heterocycles. The third kappa shape index (κ3) is 6.05. The van der Waals surface area contributed by atoms with Crippen molar-refractivity contribution < 1.29 is 4.74 Å². The molecule has 1 aliphatic rings. The van der Waals surface area contributed by atoms with Crippen LogP contribution < -0.4 is 10.1 Å². The van der Waals surface area contributed by atoms with Crippen molar-refractivity contribution >= 4 is 34.7 Å². The molecule has 0 amide bonds. The maximum absolute atomic E-state index is 6.76. The Morgan fingerprint density at radius 2 is 0.979 bits per heavy atom. The first kappa shape index (κ1) is 29.0. The molecule has 0 atom stereocenters. The summed E-state index contributed by atoms with van der Waals surface area (Å²) in [6.07, 6.45) is 6.30. The summed E-state index contributed by atoms with van der Waals surface area (Å²) in [4.78, 5) is 4.73. The van der Waals surface area contributed by atoms with Gasteiger partial charge in [-0.2, -0.15) is 0 Å². The van der Waals surface area contributed by atoms with Gasteiger partial charge in [-0.3, -0.25) is 4.98 Å². The highest BCUT2D eigenvalue weighted by molar-refractivity contribution is 5.96. The Hall–Kier alpha value is -6.45. The number of pyridine rings is 1. The predicted octanol–water partition coefficient (Wildman–Crippen LogP) is 11.8. The van der Waals surface area contributed by atoms with Gasteiger partial charge in [0.1, 0.15) is 0 Å². The molecular formula is C45H32N2O. The minimum atomic E-state index is 0.754. The molecule has 0 saturated carbocycles. The van der Waals surface area contributed by atoms with Gasteiger partial charge in [0, 0.05) is 11.8 Å². The fourth-order valence-corrected chi connectivity index (χ4v) is 6.19. The van der Waals surface area contributed by atoms with Crippen LogP contribution in [0.5, 0.6) is 11.5 Å². The number of nitrogens with one attached hydrogen (secondary N) is 1. The molecule has 0 radical (unpaired) electrons. The Morgan fingerprint density at radius 1 is 0.479 bits per heavy atom. The number of hydrogen-bond acceptors (Lipinski definition) is 3. The van der Waals surface area contributed by atoms with E-state index < -0.39 is 0 Å². The molecule has 2 heterocycles. The predicted molar refractivity (Wildman–Crippen MR) is 199 cm³/mol. The second-order valence-corrected chi connectivity index (χ2v) is 11.7. The van der Waals surface area contributed by atoms with Gasteiger partial charge in [-0.05, 0) is 93.1 Å². The van der Waals surface area contributed by atoms with Crippen molar-refractivity contribution in [1.82, 2.24) is 4.98 Å². The minimum absolute atomic E-state index is 0.754. The molecule has 228 valence electrons. The van der Waals surface area contributed by atoms with Crippen molar-refractivity contribution in [3.05, 3.63) is 209 Å². The molecule has 7 aromatic rings. The van der Waals surface area contributed by atoms with Crippen LogP contribution in [0, 0.1) is 0 Å². The van der Waals surface area contributed by atoms with Gasteiger partial charge in [-0.1, -0.05) is 133 Å². The highest BCUT2D eigenvalue weighted by atomic mass is 16.5. The van der Waals surface area contributed by atoms with E-state index >= 15 is 0 Å². The summed E-state index contributed by atoms with van der Waals surface area (Å²) < 4.78 is 6.76. The molecule has 0 unspecified atom stereocenters. The largest absolute Gasteiger partial charge is 0.453 e.